The molecular weight excluding hydrogens is 288 g/mol. The molecule has 0 aliphatic carbocycles. The van der Waals surface area contributed by atoms with Crippen LogP contribution in [0.1, 0.15) is 22.4 Å². The largest absolute Gasteiger partial charge is 0.245 e. The molecule has 0 spiro atoms. The Morgan fingerprint density at radius 2 is 1.86 bits per heavy atom. The van der Waals surface area contributed by atoms with Crippen LogP contribution in [0.4, 0.5) is 0 Å². The molecule has 0 aliphatic heterocycles. The monoisotopic (exact) mass is 304 g/mol. The molecule has 0 radical (unpaired) electrons. The topological polar surface area (TPSA) is 36.7 Å². The zero-order valence-corrected chi connectivity index (χ0v) is 13.4. The van der Waals surface area contributed by atoms with Gasteiger partial charge in [0, 0.05) is 11.4 Å². The first kappa shape index (κ1) is 14.6. The molecule has 3 heteroatoms. The zero-order chi connectivity index (χ0) is 15.5. The summed E-state index contributed by atoms with van der Waals surface area (Å²) in [7, 11) is 0. The Kier molecular flexibility index (Phi) is 4.13. The molecule has 0 N–H and O–H groups in total. The van der Waals surface area contributed by atoms with Crippen LogP contribution < -0.4 is 0 Å². The maximum atomic E-state index is 9.36. The summed E-state index contributed by atoms with van der Waals surface area (Å²) in [6, 6.07) is 19.0. The van der Waals surface area contributed by atoms with E-state index in [9.17, 15) is 5.26 Å². The summed E-state index contributed by atoms with van der Waals surface area (Å²) in [5.41, 5.74) is 3.91. The summed E-state index contributed by atoms with van der Waals surface area (Å²) < 4.78 is 0. The molecule has 0 fully saturated rings. The van der Waals surface area contributed by atoms with Gasteiger partial charge in [0.15, 0.2) is 0 Å². The summed E-state index contributed by atoms with van der Waals surface area (Å²) >= 11 is 1.63. The van der Waals surface area contributed by atoms with Gasteiger partial charge in [-0.25, -0.2) is 4.98 Å². The lowest BCUT2D eigenvalue weighted by atomic mass is 10.1. The van der Waals surface area contributed by atoms with Crippen molar-refractivity contribution < 1.29 is 0 Å². The highest BCUT2D eigenvalue weighted by Crippen LogP contribution is 2.29. The van der Waals surface area contributed by atoms with E-state index in [-0.39, 0.29) is 0 Å². The minimum absolute atomic E-state index is 0.691. The van der Waals surface area contributed by atoms with E-state index in [0.29, 0.717) is 5.56 Å². The van der Waals surface area contributed by atoms with Gasteiger partial charge in [0.25, 0.3) is 0 Å². The second-order valence-electron chi connectivity index (χ2n) is 5.30. The van der Waals surface area contributed by atoms with Crippen molar-refractivity contribution in [2.75, 3.05) is 0 Å². The van der Waals surface area contributed by atoms with Crippen molar-refractivity contribution in [3.05, 3.63) is 70.9 Å². The Labute approximate surface area is 134 Å². The Morgan fingerprint density at radius 1 is 1.09 bits per heavy atom. The maximum absolute atomic E-state index is 9.36. The lowest BCUT2D eigenvalue weighted by Gasteiger charge is -2.09. The third-order valence-electron chi connectivity index (χ3n) is 3.67. The number of hydrogen-bond acceptors (Lipinski definition) is 3. The van der Waals surface area contributed by atoms with Crippen LogP contribution in [0.5, 0.6) is 0 Å². The number of rotatable bonds is 3. The summed E-state index contributed by atoms with van der Waals surface area (Å²) in [4.78, 5) is 4.54. The van der Waals surface area contributed by atoms with Gasteiger partial charge < -0.3 is 0 Å². The first-order chi connectivity index (χ1) is 10.7. The predicted molar refractivity (Wildman–Crippen MR) is 91.9 cm³/mol. The summed E-state index contributed by atoms with van der Waals surface area (Å²) in [5.74, 6) is 0.811. The van der Waals surface area contributed by atoms with E-state index < -0.39 is 0 Å². The minimum atomic E-state index is 0.691. The number of fused-ring (bicyclic) bond motifs is 1. The Bertz CT molecular complexity index is 873. The van der Waals surface area contributed by atoms with Crippen LogP contribution in [0.3, 0.4) is 0 Å². The van der Waals surface area contributed by atoms with Gasteiger partial charge in [-0.05, 0) is 41.8 Å². The first-order valence-electron chi connectivity index (χ1n) is 7.17. The van der Waals surface area contributed by atoms with Crippen LogP contribution in [0.15, 0.2) is 53.6 Å². The van der Waals surface area contributed by atoms with Gasteiger partial charge in [-0.15, -0.1) is 11.8 Å². The van der Waals surface area contributed by atoms with E-state index in [1.165, 1.54) is 16.3 Å². The fourth-order valence-electron chi connectivity index (χ4n) is 2.61. The van der Waals surface area contributed by atoms with Crippen molar-refractivity contribution in [3.63, 3.8) is 0 Å². The minimum Gasteiger partial charge on any atom is -0.245 e. The molecule has 0 aliphatic rings. The number of pyridine rings is 1. The van der Waals surface area contributed by atoms with Gasteiger partial charge in [0.05, 0.1) is 5.56 Å². The Hall–Kier alpha value is -2.31. The average Bonchev–Trinajstić information content (AvgIpc) is 2.52. The van der Waals surface area contributed by atoms with Crippen LogP contribution >= 0.6 is 11.8 Å². The molecule has 0 atom stereocenters. The standard InChI is InChI=1S/C19H16N2S/c1-13-10-14(2)21-19(18(13)11-20)22-12-16-8-5-7-15-6-3-4-9-17(15)16/h3-10H,12H2,1-2H3. The zero-order valence-electron chi connectivity index (χ0n) is 12.6. The number of aromatic nitrogens is 1. The molecule has 3 rings (SSSR count). The smallest absolute Gasteiger partial charge is 0.115 e. The summed E-state index contributed by atoms with van der Waals surface area (Å²) in [5, 5.41) is 12.7. The van der Waals surface area contributed by atoms with Crippen molar-refractivity contribution in [2.24, 2.45) is 0 Å². The van der Waals surface area contributed by atoms with Gasteiger partial charge in [-0.2, -0.15) is 5.26 Å². The Balaban J connectivity index is 1.94. The lowest BCUT2D eigenvalue weighted by Crippen LogP contribution is -1.95. The van der Waals surface area contributed by atoms with Gasteiger partial charge in [0.2, 0.25) is 0 Å². The van der Waals surface area contributed by atoms with Gasteiger partial charge in [-0.3, -0.25) is 0 Å². The van der Waals surface area contributed by atoms with Crippen molar-refractivity contribution in [1.29, 1.82) is 5.26 Å². The maximum Gasteiger partial charge on any atom is 0.115 e. The summed E-state index contributed by atoms with van der Waals surface area (Å²) in [6.07, 6.45) is 0. The van der Waals surface area contributed by atoms with E-state index in [1.807, 2.05) is 19.9 Å². The molecule has 0 saturated carbocycles. The van der Waals surface area contributed by atoms with E-state index >= 15 is 0 Å². The molecule has 3 aromatic rings. The molecule has 1 heterocycles. The van der Waals surface area contributed by atoms with E-state index in [0.717, 1.165) is 22.0 Å². The van der Waals surface area contributed by atoms with Crippen molar-refractivity contribution in [2.45, 2.75) is 24.6 Å². The van der Waals surface area contributed by atoms with Crippen LogP contribution in [0.2, 0.25) is 0 Å². The molecule has 0 amide bonds. The van der Waals surface area contributed by atoms with Gasteiger partial charge >= 0.3 is 0 Å². The number of thioether (sulfide) groups is 1. The quantitative estimate of drug-likeness (QED) is 0.638. The molecule has 2 aromatic carbocycles. The fraction of sp³-hybridized carbons (Fsp3) is 0.158. The number of benzene rings is 2. The predicted octanol–water partition coefficient (Wildman–Crippen LogP) is 5.02. The molecule has 1 aromatic heterocycles. The normalized spacial score (nSPS) is 10.6. The van der Waals surface area contributed by atoms with Crippen LogP contribution in [-0.4, -0.2) is 4.98 Å². The molecule has 108 valence electrons. The van der Waals surface area contributed by atoms with Gasteiger partial charge in [0.1, 0.15) is 11.1 Å². The molecule has 0 saturated heterocycles. The summed E-state index contributed by atoms with van der Waals surface area (Å²) in [6.45, 7) is 3.94. The number of nitrogens with zero attached hydrogens (tertiary/aromatic N) is 2. The molecular formula is C19H16N2S. The average molecular weight is 304 g/mol. The third kappa shape index (κ3) is 2.84. The van der Waals surface area contributed by atoms with Crippen molar-refractivity contribution in [3.8, 4) is 6.07 Å². The number of aryl methyl sites for hydroxylation is 2. The highest BCUT2D eigenvalue weighted by molar-refractivity contribution is 7.98. The third-order valence-corrected chi connectivity index (χ3v) is 4.69. The van der Waals surface area contributed by atoms with E-state index in [4.69, 9.17) is 0 Å². The van der Waals surface area contributed by atoms with Crippen LogP contribution in [0.25, 0.3) is 10.8 Å². The second-order valence-corrected chi connectivity index (χ2v) is 6.26. The fourth-order valence-corrected chi connectivity index (χ4v) is 3.71. The van der Waals surface area contributed by atoms with Crippen molar-refractivity contribution in [1.82, 2.24) is 4.98 Å². The van der Waals surface area contributed by atoms with Gasteiger partial charge in [-0.1, -0.05) is 42.5 Å². The second kappa shape index (κ2) is 6.21. The highest BCUT2D eigenvalue weighted by Gasteiger charge is 2.10. The SMILES string of the molecule is Cc1cc(C)c(C#N)c(SCc2cccc3ccccc23)n1. The molecule has 2 nitrogen and oxygen atoms in total. The number of nitriles is 1. The van der Waals surface area contributed by atoms with Crippen LogP contribution in [0, 0.1) is 25.2 Å². The molecule has 0 bridgehead atoms. The van der Waals surface area contributed by atoms with E-state index in [2.05, 4.69) is 53.5 Å². The van der Waals surface area contributed by atoms with Crippen LogP contribution in [-0.2, 0) is 5.75 Å². The highest BCUT2D eigenvalue weighted by atomic mass is 32.2. The lowest BCUT2D eigenvalue weighted by molar-refractivity contribution is 1.03. The molecule has 22 heavy (non-hydrogen) atoms. The number of hydrogen-bond donors (Lipinski definition) is 0. The Morgan fingerprint density at radius 3 is 2.68 bits per heavy atom. The van der Waals surface area contributed by atoms with E-state index in [1.54, 1.807) is 11.8 Å². The molecule has 0 unspecified atom stereocenters. The first-order valence-corrected chi connectivity index (χ1v) is 8.15. The van der Waals surface area contributed by atoms with Crippen molar-refractivity contribution >= 4 is 22.5 Å².